The van der Waals surface area contributed by atoms with Crippen LogP contribution >= 0.6 is 0 Å². The van der Waals surface area contributed by atoms with Crippen LogP contribution in [0.2, 0.25) is 0 Å². The topological polar surface area (TPSA) is 108 Å². The molecule has 1 aromatic heterocycles. The molecule has 3 aromatic rings. The quantitative estimate of drug-likeness (QED) is 0.531. The van der Waals surface area contributed by atoms with E-state index in [9.17, 15) is 16.8 Å². The van der Waals surface area contributed by atoms with Gasteiger partial charge in [0, 0.05) is 17.4 Å². The molecule has 0 amide bonds. The lowest BCUT2D eigenvalue weighted by Gasteiger charge is -2.10. The molecule has 0 fully saturated rings. The highest BCUT2D eigenvalue weighted by molar-refractivity contribution is 7.93. The van der Waals surface area contributed by atoms with Crippen molar-refractivity contribution in [3.63, 3.8) is 0 Å². The molecule has 0 saturated carbocycles. The summed E-state index contributed by atoms with van der Waals surface area (Å²) in [4.78, 5) is 3.08. The number of anilines is 2. The van der Waals surface area contributed by atoms with Gasteiger partial charge >= 0.3 is 0 Å². The van der Waals surface area contributed by atoms with E-state index in [4.69, 9.17) is 0 Å². The minimum atomic E-state index is -3.78. The average molecular weight is 408 g/mol. The zero-order valence-electron chi connectivity index (χ0n) is 14.8. The molecule has 3 N–H and O–H groups in total. The number of hydrogen-bond acceptors (Lipinski definition) is 4. The van der Waals surface area contributed by atoms with Gasteiger partial charge in [0.15, 0.2) is 0 Å². The molecule has 7 nitrogen and oxygen atoms in total. The predicted molar refractivity (Wildman–Crippen MR) is 108 cm³/mol. The van der Waals surface area contributed by atoms with Gasteiger partial charge in [-0.15, -0.1) is 0 Å². The zero-order chi connectivity index (χ0) is 19.5. The van der Waals surface area contributed by atoms with Gasteiger partial charge in [-0.05, 0) is 54.3 Å². The molecule has 0 unspecified atom stereocenters. The van der Waals surface area contributed by atoms with E-state index in [1.807, 2.05) is 19.1 Å². The van der Waals surface area contributed by atoms with E-state index in [1.54, 1.807) is 18.3 Å². The van der Waals surface area contributed by atoms with Crippen molar-refractivity contribution in [2.24, 2.45) is 0 Å². The molecular formula is C18H21N3O4S2. The Morgan fingerprint density at radius 1 is 0.889 bits per heavy atom. The van der Waals surface area contributed by atoms with Crippen LogP contribution in [-0.2, 0) is 20.0 Å². The molecule has 27 heavy (non-hydrogen) atoms. The summed E-state index contributed by atoms with van der Waals surface area (Å²) in [5.41, 5.74) is 1.60. The smallest absolute Gasteiger partial charge is 0.261 e. The van der Waals surface area contributed by atoms with Crippen LogP contribution in [0, 0.1) is 0 Å². The van der Waals surface area contributed by atoms with Crippen molar-refractivity contribution >= 4 is 42.3 Å². The number of sulfonamides is 2. The second kappa shape index (κ2) is 7.61. The van der Waals surface area contributed by atoms with Gasteiger partial charge in [0.25, 0.3) is 10.0 Å². The fourth-order valence-electron chi connectivity index (χ4n) is 2.59. The van der Waals surface area contributed by atoms with Crippen LogP contribution < -0.4 is 9.44 Å². The fourth-order valence-corrected chi connectivity index (χ4v) is 4.91. The van der Waals surface area contributed by atoms with Crippen LogP contribution in [-0.4, -0.2) is 27.6 Å². The summed E-state index contributed by atoms with van der Waals surface area (Å²) in [6.07, 6.45) is 3.12. The molecule has 9 heteroatoms. The van der Waals surface area contributed by atoms with Crippen molar-refractivity contribution in [1.29, 1.82) is 0 Å². The molecule has 0 radical (unpaired) electrons. The van der Waals surface area contributed by atoms with Crippen LogP contribution in [0.4, 0.5) is 11.4 Å². The van der Waals surface area contributed by atoms with Crippen molar-refractivity contribution in [1.82, 2.24) is 4.98 Å². The first-order valence-electron chi connectivity index (χ1n) is 8.49. The molecule has 0 aliphatic heterocycles. The minimum absolute atomic E-state index is 0.0341. The van der Waals surface area contributed by atoms with Gasteiger partial charge in [-0.1, -0.05) is 19.4 Å². The molecule has 3 rings (SSSR count). The van der Waals surface area contributed by atoms with Gasteiger partial charge in [-0.3, -0.25) is 9.44 Å². The third-order valence-electron chi connectivity index (χ3n) is 4.01. The van der Waals surface area contributed by atoms with Crippen molar-refractivity contribution in [2.75, 3.05) is 15.2 Å². The van der Waals surface area contributed by atoms with Gasteiger partial charge in [0.2, 0.25) is 10.0 Å². The molecular weight excluding hydrogens is 386 g/mol. The first-order valence-corrected chi connectivity index (χ1v) is 11.6. The highest BCUT2D eigenvalue weighted by Gasteiger charge is 2.15. The van der Waals surface area contributed by atoms with Crippen molar-refractivity contribution in [3.8, 4) is 0 Å². The van der Waals surface area contributed by atoms with E-state index in [0.717, 1.165) is 17.3 Å². The van der Waals surface area contributed by atoms with Crippen LogP contribution in [0.3, 0.4) is 0 Å². The summed E-state index contributed by atoms with van der Waals surface area (Å²) in [5, 5.41) is 0.984. The number of fused-ring (bicyclic) bond motifs is 1. The Balaban J connectivity index is 1.74. The highest BCUT2D eigenvalue weighted by atomic mass is 32.2. The lowest BCUT2D eigenvalue weighted by Crippen LogP contribution is -2.17. The monoisotopic (exact) mass is 407 g/mol. The largest absolute Gasteiger partial charge is 0.361 e. The van der Waals surface area contributed by atoms with Crippen LogP contribution in [0.25, 0.3) is 10.9 Å². The van der Waals surface area contributed by atoms with Crippen LogP contribution in [0.1, 0.15) is 19.8 Å². The molecule has 0 aliphatic carbocycles. The Morgan fingerprint density at radius 3 is 2.30 bits per heavy atom. The maximum atomic E-state index is 12.6. The normalized spacial score (nSPS) is 12.2. The molecule has 0 atom stereocenters. The van der Waals surface area contributed by atoms with Crippen LogP contribution in [0.15, 0.2) is 59.6 Å². The Hall–Kier alpha value is -2.52. The molecule has 0 spiro atoms. The first kappa shape index (κ1) is 19.2. The summed E-state index contributed by atoms with van der Waals surface area (Å²) >= 11 is 0. The summed E-state index contributed by atoms with van der Waals surface area (Å²) in [7, 11) is -7.21. The van der Waals surface area contributed by atoms with E-state index in [-0.39, 0.29) is 10.6 Å². The molecule has 0 aliphatic rings. The number of aromatic nitrogens is 1. The van der Waals surface area contributed by atoms with E-state index in [1.165, 1.54) is 24.3 Å². The molecule has 1 heterocycles. The lowest BCUT2D eigenvalue weighted by molar-refractivity contribution is 0.597. The summed E-state index contributed by atoms with van der Waals surface area (Å²) in [6.45, 7) is 1.91. The Kier molecular flexibility index (Phi) is 5.43. The predicted octanol–water partition coefficient (Wildman–Crippen LogP) is 3.51. The van der Waals surface area contributed by atoms with Gasteiger partial charge in [0.1, 0.15) is 0 Å². The zero-order valence-corrected chi connectivity index (χ0v) is 16.4. The number of aromatic amines is 1. The lowest BCUT2D eigenvalue weighted by atomic mass is 10.2. The van der Waals surface area contributed by atoms with Gasteiger partial charge in [-0.2, -0.15) is 0 Å². The summed E-state index contributed by atoms with van der Waals surface area (Å²) in [6, 6.07) is 12.7. The third-order valence-corrected chi connectivity index (χ3v) is 6.78. The van der Waals surface area contributed by atoms with E-state index >= 15 is 0 Å². The van der Waals surface area contributed by atoms with Crippen LogP contribution in [0.5, 0.6) is 0 Å². The third kappa shape index (κ3) is 4.81. The van der Waals surface area contributed by atoms with Crippen molar-refractivity contribution in [3.05, 3.63) is 54.7 Å². The number of rotatable bonds is 8. The number of hydrogen-bond donors (Lipinski definition) is 3. The SMILES string of the molecule is CCCCS(=O)(=O)Nc1ccc(S(=O)(=O)Nc2ccc3cc[nH]c3c2)cc1. The number of nitrogens with one attached hydrogen (secondary N) is 3. The Morgan fingerprint density at radius 2 is 1.59 bits per heavy atom. The Labute approximate surface area is 158 Å². The molecule has 2 aromatic carbocycles. The van der Waals surface area contributed by atoms with Gasteiger partial charge in [0.05, 0.1) is 16.3 Å². The van der Waals surface area contributed by atoms with Gasteiger partial charge < -0.3 is 4.98 Å². The number of unbranched alkanes of at least 4 members (excludes halogenated alkanes) is 1. The van der Waals surface area contributed by atoms with E-state index in [0.29, 0.717) is 17.8 Å². The summed E-state index contributed by atoms with van der Waals surface area (Å²) in [5.74, 6) is 0.0341. The fraction of sp³-hybridized carbons (Fsp3) is 0.222. The molecule has 0 bridgehead atoms. The first-order chi connectivity index (χ1) is 12.8. The van der Waals surface area contributed by atoms with Gasteiger partial charge in [-0.25, -0.2) is 16.8 Å². The maximum absolute atomic E-state index is 12.6. The second-order valence-electron chi connectivity index (χ2n) is 6.18. The molecule has 144 valence electrons. The Bertz CT molecular complexity index is 1130. The maximum Gasteiger partial charge on any atom is 0.261 e. The number of benzene rings is 2. The standard InChI is InChI=1S/C18H21N3O4S2/c1-2-3-12-26(22,23)20-15-6-8-17(9-7-15)27(24,25)21-16-5-4-14-10-11-19-18(14)13-16/h4-11,13,19-21H,2-3,12H2,1H3. The van der Waals surface area contributed by atoms with E-state index < -0.39 is 20.0 Å². The van der Waals surface area contributed by atoms with Crippen molar-refractivity contribution in [2.45, 2.75) is 24.7 Å². The number of H-pyrrole nitrogens is 1. The minimum Gasteiger partial charge on any atom is -0.361 e. The average Bonchev–Trinajstić information content (AvgIpc) is 3.07. The second-order valence-corrected chi connectivity index (χ2v) is 9.71. The summed E-state index contributed by atoms with van der Waals surface area (Å²) < 4.78 is 53.9. The van der Waals surface area contributed by atoms with E-state index in [2.05, 4.69) is 14.4 Å². The van der Waals surface area contributed by atoms with Crippen molar-refractivity contribution < 1.29 is 16.8 Å². The highest BCUT2D eigenvalue weighted by Crippen LogP contribution is 2.22. The molecule has 0 saturated heterocycles.